The van der Waals surface area contributed by atoms with Crippen LogP contribution in [0.15, 0.2) is 0 Å². The summed E-state index contributed by atoms with van der Waals surface area (Å²) >= 11 is 0. The molecule has 0 radical (unpaired) electrons. The van der Waals surface area contributed by atoms with Crippen LogP contribution in [0.5, 0.6) is 0 Å². The Labute approximate surface area is 94.2 Å². The summed E-state index contributed by atoms with van der Waals surface area (Å²) in [4.78, 5) is 2.76. The lowest BCUT2D eigenvalue weighted by molar-refractivity contribution is 0.0612. The van der Waals surface area contributed by atoms with Gasteiger partial charge in [0.2, 0.25) is 0 Å². The van der Waals surface area contributed by atoms with E-state index >= 15 is 0 Å². The number of nitrogens with two attached hydrogens (primary N) is 1. The zero-order valence-electron chi connectivity index (χ0n) is 10.3. The summed E-state index contributed by atoms with van der Waals surface area (Å²) in [5.41, 5.74) is 5.82. The topological polar surface area (TPSA) is 29.3 Å². The molecule has 2 fully saturated rings. The summed E-state index contributed by atoms with van der Waals surface area (Å²) in [5, 5.41) is 0. The van der Waals surface area contributed by atoms with E-state index in [1.807, 2.05) is 0 Å². The van der Waals surface area contributed by atoms with Gasteiger partial charge in [-0.05, 0) is 57.4 Å². The maximum atomic E-state index is 5.82. The minimum absolute atomic E-state index is 0.758. The SMILES string of the molecule is CCC(C1CC1)N1CC(CN)CCC1C. The molecule has 1 saturated heterocycles. The summed E-state index contributed by atoms with van der Waals surface area (Å²) in [6.45, 7) is 6.89. The summed E-state index contributed by atoms with van der Waals surface area (Å²) in [7, 11) is 0. The standard InChI is InChI=1S/C13H26N2/c1-3-13(12-6-7-12)15-9-11(8-14)5-4-10(15)2/h10-13H,3-9,14H2,1-2H3. The zero-order chi connectivity index (χ0) is 10.8. The third-order valence-corrected chi connectivity index (χ3v) is 4.37. The van der Waals surface area contributed by atoms with E-state index in [9.17, 15) is 0 Å². The van der Waals surface area contributed by atoms with Gasteiger partial charge in [-0.2, -0.15) is 0 Å². The van der Waals surface area contributed by atoms with Crippen molar-refractivity contribution in [2.45, 2.75) is 58.0 Å². The molecule has 0 spiro atoms. The van der Waals surface area contributed by atoms with E-state index in [4.69, 9.17) is 5.73 Å². The minimum atomic E-state index is 0.758. The van der Waals surface area contributed by atoms with E-state index < -0.39 is 0 Å². The lowest BCUT2D eigenvalue weighted by Crippen LogP contribution is -2.49. The van der Waals surface area contributed by atoms with Crippen molar-refractivity contribution in [2.24, 2.45) is 17.6 Å². The van der Waals surface area contributed by atoms with Crippen molar-refractivity contribution < 1.29 is 0 Å². The number of piperidine rings is 1. The smallest absolute Gasteiger partial charge is 0.0124 e. The summed E-state index contributed by atoms with van der Waals surface area (Å²) in [6, 6.07) is 1.65. The van der Waals surface area contributed by atoms with Gasteiger partial charge in [-0.1, -0.05) is 6.92 Å². The predicted octanol–water partition coefficient (Wildman–Crippen LogP) is 2.23. The Bertz CT molecular complexity index is 201. The van der Waals surface area contributed by atoms with Crippen LogP contribution >= 0.6 is 0 Å². The first kappa shape index (κ1) is 11.4. The van der Waals surface area contributed by atoms with Gasteiger partial charge in [-0.3, -0.25) is 4.90 Å². The van der Waals surface area contributed by atoms with Crippen molar-refractivity contribution in [3.05, 3.63) is 0 Å². The van der Waals surface area contributed by atoms with Crippen LogP contribution in [0.4, 0.5) is 0 Å². The largest absolute Gasteiger partial charge is 0.330 e. The van der Waals surface area contributed by atoms with Gasteiger partial charge in [0.1, 0.15) is 0 Å². The van der Waals surface area contributed by atoms with Crippen molar-refractivity contribution in [1.82, 2.24) is 4.90 Å². The highest BCUT2D eigenvalue weighted by atomic mass is 15.2. The van der Waals surface area contributed by atoms with E-state index in [0.717, 1.165) is 30.5 Å². The summed E-state index contributed by atoms with van der Waals surface area (Å²) < 4.78 is 0. The van der Waals surface area contributed by atoms with Crippen molar-refractivity contribution in [3.8, 4) is 0 Å². The maximum absolute atomic E-state index is 5.82. The third-order valence-electron chi connectivity index (χ3n) is 4.37. The molecule has 1 aliphatic heterocycles. The molecule has 2 rings (SSSR count). The van der Waals surface area contributed by atoms with Crippen LogP contribution in [-0.4, -0.2) is 30.1 Å². The second kappa shape index (κ2) is 4.84. The van der Waals surface area contributed by atoms with Crippen molar-refractivity contribution >= 4 is 0 Å². The third kappa shape index (κ3) is 2.54. The van der Waals surface area contributed by atoms with Gasteiger partial charge >= 0.3 is 0 Å². The first-order chi connectivity index (χ1) is 7.26. The molecule has 3 atom stereocenters. The Morgan fingerprint density at radius 2 is 2.00 bits per heavy atom. The molecular formula is C13H26N2. The molecule has 0 amide bonds. The average Bonchev–Trinajstić information content (AvgIpc) is 3.06. The predicted molar refractivity (Wildman–Crippen MR) is 64.7 cm³/mol. The second-order valence-corrected chi connectivity index (χ2v) is 5.54. The maximum Gasteiger partial charge on any atom is 0.0124 e. The van der Waals surface area contributed by atoms with Gasteiger partial charge in [0.15, 0.2) is 0 Å². The number of hydrogen-bond donors (Lipinski definition) is 1. The van der Waals surface area contributed by atoms with Crippen LogP contribution in [0.25, 0.3) is 0 Å². The van der Waals surface area contributed by atoms with Gasteiger partial charge in [-0.25, -0.2) is 0 Å². The highest BCUT2D eigenvalue weighted by Crippen LogP contribution is 2.39. The number of rotatable bonds is 4. The highest BCUT2D eigenvalue weighted by Gasteiger charge is 2.38. The lowest BCUT2D eigenvalue weighted by Gasteiger charge is -2.42. The van der Waals surface area contributed by atoms with Crippen LogP contribution in [0.1, 0.15) is 46.0 Å². The zero-order valence-corrected chi connectivity index (χ0v) is 10.3. The first-order valence-electron chi connectivity index (χ1n) is 6.72. The van der Waals surface area contributed by atoms with Crippen LogP contribution < -0.4 is 5.73 Å². The fourth-order valence-corrected chi connectivity index (χ4v) is 3.19. The van der Waals surface area contributed by atoms with E-state index in [-0.39, 0.29) is 0 Å². The van der Waals surface area contributed by atoms with Crippen molar-refractivity contribution in [1.29, 1.82) is 0 Å². The van der Waals surface area contributed by atoms with E-state index in [2.05, 4.69) is 18.7 Å². The Balaban J connectivity index is 1.96. The fraction of sp³-hybridized carbons (Fsp3) is 1.00. The van der Waals surface area contributed by atoms with E-state index in [0.29, 0.717) is 0 Å². The molecular weight excluding hydrogens is 184 g/mol. The van der Waals surface area contributed by atoms with Crippen LogP contribution in [-0.2, 0) is 0 Å². The van der Waals surface area contributed by atoms with Crippen LogP contribution in [0, 0.1) is 11.8 Å². The van der Waals surface area contributed by atoms with E-state index in [1.165, 1.54) is 38.6 Å². The number of likely N-dealkylation sites (tertiary alicyclic amines) is 1. The summed E-state index contributed by atoms with van der Waals surface area (Å²) in [5.74, 6) is 1.77. The molecule has 1 aliphatic carbocycles. The quantitative estimate of drug-likeness (QED) is 0.771. The number of hydrogen-bond acceptors (Lipinski definition) is 2. The Morgan fingerprint density at radius 3 is 2.53 bits per heavy atom. The molecule has 1 saturated carbocycles. The Hall–Kier alpha value is -0.0800. The molecule has 2 heteroatoms. The molecule has 0 aromatic rings. The molecule has 2 aliphatic rings. The summed E-state index contributed by atoms with van der Waals surface area (Å²) in [6.07, 6.45) is 6.96. The second-order valence-electron chi connectivity index (χ2n) is 5.54. The van der Waals surface area contributed by atoms with Crippen molar-refractivity contribution in [2.75, 3.05) is 13.1 Å². The van der Waals surface area contributed by atoms with Gasteiger partial charge in [0.05, 0.1) is 0 Å². The van der Waals surface area contributed by atoms with Gasteiger partial charge in [0, 0.05) is 18.6 Å². The normalized spacial score (nSPS) is 35.4. The van der Waals surface area contributed by atoms with Gasteiger partial charge < -0.3 is 5.73 Å². The van der Waals surface area contributed by atoms with Crippen LogP contribution in [0.3, 0.4) is 0 Å². The molecule has 0 aromatic carbocycles. The van der Waals surface area contributed by atoms with Crippen LogP contribution in [0.2, 0.25) is 0 Å². The lowest BCUT2D eigenvalue weighted by atomic mass is 9.90. The average molecular weight is 210 g/mol. The van der Waals surface area contributed by atoms with Gasteiger partial charge in [-0.15, -0.1) is 0 Å². The Morgan fingerprint density at radius 1 is 1.27 bits per heavy atom. The molecule has 1 heterocycles. The fourth-order valence-electron chi connectivity index (χ4n) is 3.19. The molecule has 15 heavy (non-hydrogen) atoms. The minimum Gasteiger partial charge on any atom is -0.330 e. The highest BCUT2D eigenvalue weighted by molar-refractivity contribution is 4.92. The van der Waals surface area contributed by atoms with E-state index in [1.54, 1.807) is 0 Å². The molecule has 2 nitrogen and oxygen atoms in total. The molecule has 3 unspecified atom stereocenters. The molecule has 0 bridgehead atoms. The Kier molecular flexibility index (Phi) is 3.68. The molecule has 2 N–H and O–H groups in total. The van der Waals surface area contributed by atoms with Crippen molar-refractivity contribution in [3.63, 3.8) is 0 Å². The number of nitrogens with zero attached hydrogens (tertiary/aromatic N) is 1. The first-order valence-corrected chi connectivity index (χ1v) is 6.72. The molecule has 88 valence electrons. The molecule has 0 aromatic heterocycles. The van der Waals surface area contributed by atoms with Gasteiger partial charge in [0.25, 0.3) is 0 Å². The monoisotopic (exact) mass is 210 g/mol.